The van der Waals surface area contributed by atoms with Gasteiger partial charge in [-0.3, -0.25) is 4.79 Å². The van der Waals surface area contributed by atoms with Crippen molar-refractivity contribution >= 4 is 16.7 Å². The van der Waals surface area contributed by atoms with Crippen molar-refractivity contribution in [2.75, 3.05) is 19.6 Å². The number of nitrogens with one attached hydrogen (secondary N) is 1. The van der Waals surface area contributed by atoms with Crippen molar-refractivity contribution in [2.45, 2.75) is 31.8 Å². The molecule has 150 valence electrons. The average Bonchev–Trinajstić information content (AvgIpc) is 2.75. The molecule has 0 radical (unpaired) electrons. The maximum atomic E-state index is 13.2. The van der Waals surface area contributed by atoms with Gasteiger partial charge in [-0.25, -0.2) is 0 Å². The number of nitrogens with zero attached hydrogens (tertiary/aromatic N) is 1. The van der Waals surface area contributed by atoms with Crippen LogP contribution in [0.15, 0.2) is 66.7 Å². The minimum atomic E-state index is -0.519. The first-order valence-corrected chi connectivity index (χ1v) is 10.4. The summed E-state index contributed by atoms with van der Waals surface area (Å²) in [6.45, 7) is 4.43. The van der Waals surface area contributed by atoms with Crippen LogP contribution in [0.3, 0.4) is 0 Å². The van der Waals surface area contributed by atoms with Gasteiger partial charge in [0.05, 0.1) is 6.04 Å². The van der Waals surface area contributed by atoms with Crippen molar-refractivity contribution in [2.24, 2.45) is 5.73 Å². The summed E-state index contributed by atoms with van der Waals surface area (Å²) in [6.07, 6.45) is 1.41. The summed E-state index contributed by atoms with van der Waals surface area (Å²) in [7, 11) is 0. The highest BCUT2D eigenvalue weighted by Crippen LogP contribution is 2.18. The number of carbonyl (C=O) groups excluding carboxylic acids is 1. The van der Waals surface area contributed by atoms with Crippen LogP contribution in [-0.4, -0.2) is 42.5 Å². The molecule has 1 heterocycles. The van der Waals surface area contributed by atoms with E-state index in [1.54, 1.807) is 0 Å². The number of aryl methyl sites for hydroxylation is 1. The number of fused-ring (bicyclic) bond motifs is 1. The van der Waals surface area contributed by atoms with Gasteiger partial charge in [0.1, 0.15) is 0 Å². The zero-order chi connectivity index (χ0) is 20.2. The predicted molar refractivity (Wildman–Crippen MR) is 119 cm³/mol. The molecule has 4 heteroatoms. The third-order valence-electron chi connectivity index (χ3n) is 5.81. The lowest BCUT2D eigenvalue weighted by atomic mass is 9.98. The Balaban J connectivity index is 1.45. The third kappa shape index (κ3) is 4.66. The van der Waals surface area contributed by atoms with Crippen LogP contribution in [0.25, 0.3) is 10.8 Å². The Bertz CT molecular complexity index is 983. The highest BCUT2D eigenvalue weighted by molar-refractivity contribution is 5.84. The zero-order valence-electron chi connectivity index (χ0n) is 17.0. The van der Waals surface area contributed by atoms with Crippen LogP contribution < -0.4 is 11.1 Å². The fourth-order valence-electron chi connectivity index (χ4n) is 4.15. The molecule has 4 rings (SSSR count). The standard InChI is InChI=1S/C25H29N3O/c1-18-6-8-19(9-7-18)15-23-17-27-12-13-28(23)25(29)24(26)16-20-10-11-21-4-2-3-5-22(21)14-20/h2-11,14,23-24,27H,12-13,15-17,26H2,1H3. The lowest BCUT2D eigenvalue weighted by Crippen LogP contribution is -2.58. The summed E-state index contributed by atoms with van der Waals surface area (Å²) in [6, 6.07) is 22.8. The minimum Gasteiger partial charge on any atom is -0.335 e. The maximum Gasteiger partial charge on any atom is 0.240 e. The maximum absolute atomic E-state index is 13.2. The first-order chi connectivity index (χ1) is 14.1. The molecule has 1 fully saturated rings. The molecule has 2 atom stereocenters. The number of benzene rings is 3. The first kappa shape index (κ1) is 19.6. The molecule has 0 aliphatic carbocycles. The SMILES string of the molecule is Cc1ccc(CC2CNCCN2C(=O)C(N)Cc2ccc3ccccc3c2)cc1. The molecule has 0 saturated carbocycles. The van der Waals surface area contributed by atoms with Gasteiger partial charge < -0.3 is 16.0 Å². The smallest absolute Gasteiger partial charge is 0.240 e. The number of amides is 1. The Labute approximate surface area is 172 Å². The van der Waals surface area contributed by atoms with Crippen molar-refractivity contribution < 1.29 is 4.79 Å². The number of hydrogen-bond donors (Lipinski definition) is 2. The average molecular weight is 388 g/mol. The van der Waals surface area contributed by atoms with Gasteiger partial charge in [-0.1, -0.05) is 72.3 Å². The Morgan fingerprint density at radius 3 is 2.59 bits per heavy atom. The van der Waals surface area contributed by atoms with Gasteiger partial charge in [-0.15, -0.1) is 0 Å². The Kier molecular flexibility index (Phi) is 5.93. The monoisotopic (exact) mass is 387 g/mol. The molecule has 0 aromatic heterocycles. The van der Waals surface area contributed by atoms with Gasteiger partial charge in [0, 0.05) is 25.7 Å². The Morgan fingerprint density at radius 1 is 1.07 bits per heavy atom. The van der Waals surface area contributed by atoms with Crippen LogP contribution in [0.1, 0.15) is 16.7 Å². The molecule has 1 aliphatic rings. The largest absolute Gasteiger partial charge is 0.335 e. The van der Waals surface area contributed by atoms with Gasteiger partial charge in [0.15, 0.2) is 0 Å². The summed E-state index contributed by atoms with van der Waals surface area (Å²) >= 11 is 0. The van der Waals surface area contributed by atoms with Crippen molar-refractivity contribution in [1.82, 2.24) is 10.2 Å². The minimum absolute atomic E-state index is 0.0526. The van der Waals surface area contributed by atoms with E-state index in [1.807, 2.05) is 17.0 Å². The second kappa shape index (κ2) is 8.76. The third-order valence-corrected chi connectivity index (χ3v) is 5.81. The molecule has 2 unspecified atom stereocenters. The Hall–Kier alpha value is -2.69. The molecule has 3 aromatic rings. The molecule has 3 aromatic carbocycles. The van der Waals surface area contributed by atoms with Crippen LogP contribution in [0, 0.1) is 6.92 Å². The lowest BCUT2D eigenvalue weighted by molar-refractivity contribution is -0.135. The lowest BCUT2D eigenvalue weighted by Gasteiger charge is -2.38. The van der Waals surface area contributed by atoms with Gasteiger partial charge >= 0.3 is 0 Å². The van der Waals surface area contributed by atoms with Gasteiger partial charge in [-0.05, 0) is 41.7 Å². The van der Waals surface area contributed by atoms with Gasteiger partial charge in [0.25, 0.3) is 0 Å². The van der Waals surface area contributed by atoms with Gasteiger partial charge in [0.2, 0.25) is 5.91 Å². The van der Waals surface area contributed by atoms with Crippen molar-refractivity contribution in [3.8, 4) is 0 Å². The fraction of sp³-hybridized carbons (Fsp3) is 0.320. The summed E-state index contributed by atoms with van der Waals surface area (Å²) in [4.78, 5) is 15.2. The van der Waals surface area contributed by atoms with Crippen molar-refractivity contribution in [3.63, 3.8) is 0 Å². The van der Waals surface area contributed by atoms with Gasteiger partial charge in [-0.2, -0.15) is 0 Å². The van der Waals surface area contributed by atoms with E-state index in [1.165, 1.54) is 21.9 Å². The van der Waals surface area contributed by atoms with E-state index in [-0.39, 0.29) is 11.9 Å². The summed E-state index contributed by atoms with van der Waals surface area (Å²) in [5.41, 5.74) is 10.00. The number of hydrogen-bond acceptors (Lipinski definition) is 3. The van der Waals surface area contributed by atoms with E-state index in [0.29, 0.717) is 13.0 Å². The molecule has 1 saturated heterocycles. The van der Waals surface area contributed by atoms with Crippen LogP contribution >= 0.6 is 0 Å². The molecule has 29 heavy (non-hydrogen) atoms. The van der Waals surface area contributed by atoms with E-state index >= 15 is 0 Å². The molecule has 0 bridgehead atoms. The second-order valence-electron chi connectivity index (χ2n) is 8.07. The molecule has 3 N–H and O–H groups in total. The Morgan fingerprint density at radius 2 is 1.79 bits per heavy atom. The zero-order valence-corrected chi connectivity index (χ0v) is 17.0. The second-order valence-corrected chi connectivity index (χ2v) is 8.07. The summed E-state index contributed by atoms with van der Waals surface area (Å²) in [5.74, 6) is 0.0526. The molecular weight excluding hydrogens is 358 g/mol. The summed E-state index contributed by atoms with van der Waals surface area (Å²) in [5, 5.41) is 5.81. The molecule has 4 nitrogen and oxygen atoms in total. The number of rotatable bonds is 5. The van der Waals surface area contributed by atoms with Crippen LogP contribution in [-0.2, 0) is 17.6 Å². The van der Waals surface area contributed by atoms with E-state index in [0.717, 1.165) is 25.1 Å². The number of nitrogens with two attached hydrogens (primary N) is 1. The van der Waals surface area contributed by atoms with Crippen LogP contribution in [0.5, 0.6) is 0 Å². The molecule has 1 amide bonds. The quantitative estimate of drug-likeness (QED) is 0.707. The highest BCUT2D eigenvalue weighted by atomic mass is 16.2. The van der Waals surface area contributed by atoms with Crippen LogP contribution in [0.4, 0.5) is 0 Å². The van der Waals surface area contributed by atoms with E-state index < -0.39 is 6.04 Å². The van der Waals surface area contributed by atoms with Crippen molar-refractivity contribution in [3.05, 3.63) is 83.4 Å². The normalized spacial score (nSPS) is 18.0. The van der Waals surface area contributed by atoms with Crippen molar-refractivity contribution in [1.29, 1.82) is 0 Å². The molecule has 1 aliphatic heterocycles. The predicted octanol–water partition coefficient (Wildman–Crippen LogP) is 3.06. The molecular formula is C25H29N3O. The van der Waals surface area contributed by atoms with Crippen LogP contribution in [0.2, 0.25) is 0 Å². The van der Waals surface area contributed by atoms with E-state index in [4.69, 9.17) is 5.73 Å². The number of piperazine rings is 1. The number of carbonyl (C=O) groups is 1. The molecule has 0 spiro atoms. The first-order valence-electron chi connectivity index (χ1n) is 10.4. The topological polar surface area (TPSA) is 58.4 Å². The fourth-order valence-corrected chi connectivity index (χ4v) is 4.15. The van der Waals surface area contributed by atoms with E-state index in [9.17, 15) is 4.79 Å². The van der Waals surface area contributed by atoms with E-state index in [2.05, 4.69) is 66.8 Å². The summed E-state index contributed by atoms with van der Waals surface area (Å²) < 4.78 is 0. The highest BCUT2D eigenvalue weighted by Gasteiger charge is 2.30.